The van der Waals surface area contributed by atoms with E-state index in [1.807, 2.05) is 52.0 Å². The van der Waals surface area contributed by atoms with E-state index in [4.69, 9.17) is 26.2 Å². The Morgan fingerprint density at radius 2 is 1.35 bits per heavy atom. The molecule has 0 aliphatic carbocycles. The second-order valence-electron chi connectivity index (χ2n) is 14.0. The van der Waals surface area contributed by atoms with Crippen LogP contribution in [0.2, 0.25) is 5.02 Å². The van der Waals surface area contributed by atoms with Crippen molar-refractivity contribution < 1.29 is 55.6 Å². The van der Waals surface area contributed by atoms with Crippen LogP contribution in [0, 0.1) is 6.92 Å². The topological polar surface area (TPSA) is 112 Å². The summed E-state index contributed by atoms with van der Waals surface area (Å²) in [6, 6.07) is 22.4. The number of rotatable bonds is 10. The number of alkyl halides is 6. The summed E-state index contributed by atoms with van der Waals surface area (Å²) < 4.78 is 79.1. The third-order valence-electron chi connectivity index (χ3n) is 9.29. The van der Waals surface area contributed by atoms with Crippen LogP contribution in [0.5, 0.6) is 11.5 Å². The molecule has 1 fully saturated rings. The number of aliphatic carboxylic acids is 1. The second kappa shape index (κ2) is 19.1. The number of benzene rings is 3. The van der Waals surface area contributed by atoms with Gasteiger partial charge in [0.05, 0.1) is 12.3 Å². The average Bonchev–Trinajstić information content (AvgIpc) is 3.13. The van der Waals surface area contributed by atoms with Crippen molar-refractivity contribution in [2.45, 2.75) is 91.2 Å². The van der Waals surface area contributed by atoms with E-state index in [1.54, 1.807) is 24.0 Å². The first-order valence-electron chi connectivity index (χ1n) is 18.1. The smallest absolute Gasteiger partial charge is 0.475 e. The third-order valence-corrected chi connectivity index (χ3v) is 9.68. The summed E-state index contributed by atoms with van der Waals surface area (Å²) >= 11 is 6.66. The van der Waals surface area contributed by atoms with Crippen LogP contribution in [0.15, 0.2) is 72.8 Å². The summed E-state index contributed by atoms with van der Waals surface area (Å²) in [4.78, 5) is 30.7. The van der Waals surface area contributed by atoms with Crippen molar-refractivity contribution in [2.75, 3.05) is 13.1 Å². The number of nitrogens with zero attached hydrogens (tertiary/aromatic N) is 3. The number of ether oxygens (including phenoxy) is 2. The number of aryl methyl sites for hydroxylation is 1. The zero-order valence-electron chi connectivity index (χ0n) is 31.9. The van der Waals surface area contributed by atoms with Crippen LogP contribution in [-0.4, -0.2) is 74.8 Å². The van der Waals surface area contributed by atoms with E-state index in [-0.39, 0.29) is 34.3 Å². The zero-order valence-corrected chi connectivity index (χ0v) is 32.7. The van der Waals surface area contributed by atoms with Crippen molar-refractivity contribution in [3.8, 4) is 33.8 Å². The van der Waals surface area contributed by atoms with Crippen LogP contribution in [0.4, 0.5) is 31.1 Å². The first-order chi connectivity index (χ1) is 26.7. The number of hydrogen-bond donors (Lipinski definition) is 2. The van der Waals surface area contributed by atoms with Crippen molar-refractivity contribution in [2.24, 2.45) is 0 Å². The molecule has 2 N–H and O–H groups in total. The SMILES string of the molecule is Cc1nc(CO)c(Cl)c(OC(=O)N(C(C)C)C(C)C)c1-c1ccc(-c2ccc(CN3CCC(c4ccc(OC(F)(F)F)cc4)CC3)cc2)cc1.O=C(O)C(F)(F)F. The predicted octanol–water partition coefficient (Wildman–Crippen LogP) is 10.4. The lowest BCUT2D eigenvalue weighted by molar-refractivity contribution is -0.274. The van der Waals surface area contributed by atoms with Gasteiger partial charge in [0.25, 0.3) is 0 Å². The maximum atomic E-state index is 13.3. The van der Waals surface area contributed by atoms with Gasteiger partial charge in [0.2, 0.25) is 0 Å². The Balaban J connectivity index is 0.000000940. The van der Waals surface area contributed by atoms with Crippen LogP contribution >= 0.6 is 11.6 Å². The highest BCUT2D eigenvalue weighted by Crippen LogP contribution is 2.41. The molecule has 308 valence electrons. The molecule has 4 aromatic rings. The fourth-order valence-electron chi connectivity index (χ4n) is 6.67. The third kappa shape index (κ3) is 12.3. The van der Waals surface area contributed by atoms with Crippen LogP contribution in [0.25, 0.3) is 22.3 Å². The number of amides is 1. The molecule has 0 spiro atoms. The number of likely N-dealkylation sites (tertiary alicyclic amines) is 1. The van der Waals surface area contributed by atoms with Crippen molar-refractivity contribution in [1.29, 1.82) is 0 Å². The van der Waals surface area contributed by atoms with Gasteiger partial charge in [-0.05, 0) is 106 Å². The largest absolute Gasteiger partial charge is 0.573 e. The van der Waals surface area contributed by atoms with Crippen molar-refractivity contribution in [1.82, 2.24) is 14.8 Å². The van der Waals surface area contributed by atoms with Crippen molar-refractivity contribution in [3.63, 3.8) is 0 Å². The minimum atomic E-state index is -5.08. The first-order valence-corrected chi connectivity index (χ1v) is 18.4. The molecular formula is C41H44ClF6N3O6. The number of aromatic nitrogens is 1. The molecule has 0 atom stereocenters. The van der Waals surface area contributed by atoms with E-state index in [9.17, 15) is 36.2 Å². The number of carbonyl (C=O) groups excluding carboxylic acids is 1. The normalized spacial score (nSPS) is 13.9. The maximum Gasteiger partial charge on any atom is 0.573 e. The molecule has 1 saturated heterocycles. The highest BCUT2D eigenvalue weighted by Gasteiger charge is 2.38. The van der Waals surface area contributed by atoms with E-state index in [1.165, 1.54) is 17.7 Å². The number of carbonyl (C=O) groups is 2. The Kier molecular flexibility index (Phi) is 15.0. The van der Waals surface area contributed by atoms with Crippen molar-refractivity contribution >= 4 is 23.7 Å². The number of aliphatic hydroxyl groups is 1. The molecule has 57 heavy (non-hydrogen) atoms. The van der Waals surface area contributed by atoms with Gasteiger partial charge in [-0.1, -0.05) is 72.3 Å². The first kappa shape index (κ1) is 44.8. The highest BCUT2D eigenvalue weighted by molar-refractivity contribution is 6.33. The molecule has 16 heteroatoms. The van der Waals surface area contributed by atoms with E-state index >= 15 is 0 Å². The Hall–Kier alpha value is -4.86. The van der Waals surface area contributed by atoms with E-state index < -0.39 is 31.2 Å². The van der Waals surface area contributed by atoms with Gasteiger partial charge < -0.3 is 24.6 Å². The lowest BCUT2D eigenvalue weighted by Crippen LogP contribution is -2.43. The summed E-state index contributed by atoms with van der Waals surface area (Å²) in [5.41, 5.74) is 6.48. The van der Waals surface area contributed by atoms with Gasteiger partial charge in [-0.3, -0.25) is 9.88 Å². The molecule has 9 nitrogen and oxygen atoms in total. The number of hydrogen-bond acceptors (Lipinski definition) is 7. The number of aliphatic hydroxyl groups excluding tert-OH is 1. The average molecular weight is 824 g/mol. The zero-order chi connectivity index (χ0) is 42.2. The fourth-order valence-corrected chi connectivity index (χ4v) is 6.90. The summed E-state index contributed by atoms with van der Waals surface area (Å²) in [7, 11) is 0. The lowest BCUT2D eigenvalue weighted by atomic mass is 9.89. The molecule has 0 bridgehead atoms. The number of carboxylic acids is 1. The van der Waals surface area contributed by atoms with Gasteiger partial charge in [-0.15, -0.1) is 13.2 Å². The molecule has 1 aromatic heterocycles. The van der Waals surface area contributed by atoms with Gasteiger partial charge in [-0.25, -0.2) is 9.59 Å². The van der Waals surface area contributed by atoms with Gasteiger partial charge in [0.15, 0.2) is 5.75 Å². The predicted molar refractivity (Wildman–Crippen MR) is 203 cm³/mol. The van der Waals surface area contributed by atoms with Crippen LogP contribution in [-0.2, 0) is 17.9 Å². The molecule has 0 radical (unpaired) electrons. The summed E-state index contributed by atoms with van der Waals surface area (Å²) in [6.45, 7) is 11.7. The molecular weight excluding hydrogens is 780 g/mol. The van der Waals surface area contributed by atoms with Crippen LogP contribution in [0.1, 0.15) is 69.0 Å². The molecule has 0 saturated carbocycles. The van der Waals surface area contributed by atoms with Crippen LogP contribution < -0.4 is 9.47 Å². The van der Waals surface area contributed by atoms with Gasteiger partial charge in [0.1, 0.15) is 10.8 Å². The standard InChI is InChI=1S/C39H43ClF3N3O4.C2HF3O2/c1-24(2)46(25(3)4)38(48)49-37-35(26(5)44-34(23-47)36(37)40)32-12-10-29(11-13-32)28-8-6-27(7-9-28)22-45-20-18-31(19-21-45)30-14-16-33(17-15-30)50-39(41,42)43;3-2(4,5)1(6)7/h6-17,24-25,31,47H,18-23H2,1-5H3;(H,6,7). The summed E-state index contributed by atoms with van der Waals surface area (Å²) in [5, 5.41) is 17.1. The van der Waals surface area contributed by atoms with E-state index in [2.05, 4.69) is 38.9 Å². The molecule has 2 heterocycles. The number of piperidine rings is 1. The van der Waals surface area contributed by atoms with Crippen molar-refractivity contribution in [3.05, 3.63) is 100 Å². The molecule has 1 aliphatic rings. The minimum absolute atomic E-state index is 0.0905. The van der Waals surface area contributed by atoms with Crippen LogP contribution in [0.3, 0.4) is 0 Å². The monoisotopic (exact) mass is 823 g/mol. The Morgan fingerprint density at radius 1 is 0.860 bits per heavy atom. The van der Waals surface area contributed by atoms with Gasteiger partial charge in [0, 0.05) is 29.9 Å². The number of carboxylic acid groups (broad SMARTS) is 1. The van der Waals surface area contributed by atoms with E-state index in [0.717, 1.165) is 54.7 Å². The maximum absolute atomic E-state index is 13.3. The summed E-state index contributed by atoms with van der Waals surface area (Å²) in [5.74, 6) is -2.48. The molecule has 1 aliphatic heterocycles. The van der Waals surface area contributed by atoms with E-state index in [0.29, 0.717) is 17.2 Å². The Morgan fingerprint density at radius 3 is 1.81 bits per heavy atom. The lowest BCUT2D eigenvalue weighted by Gasteiger charge is -2.32. The van der Waals surface area contributed by atoms with Gasteiger partial charge in [-0.2, -0.15) is 13.2 Å². The molecule has 5 rings (SSSR count). The number of halogens is 7. The minimum Gasteiger partial charge on any atom is -0.475 e. The quantitative estimate of drug-likeness (QED) is 0.152. The molecule has 1 amide bonds. The molecule has 0 unspecified atom stereocenters. The number of pyridine rings is 1. The Bertz CT molecular complexity index is 1960. The Labute approximate surface area is 331 Å². The van der Waals surface area contributed by atoms with Gasteiger partial charge >= 0.3 is 24.6 Å². The fraction of sp³-hybridized carbons (Fsp3) is 0.390. The summed E-state index contributed by atoms with van der Waals surface area (Å²) in [6.07, 6.45) is -8.44. The highest BCUT2D eigenvalue weighted by atomic mass is 35.5. The molecule has 3 aromatic carbocycles. The second-order valence-corrected chi connectivity index (χ2v) is 14.4.